The zero-order valence-corrected chi connectivity index (χ0v) is 12.4. The number of rotatable bonds is 4. The Bertz CT molecular complexity index is 690. The summed E-state index contributed by atoms with van der Waals surface area (Å²) in [5.74, 6) is 0. The predicted molar refractivity (Wildman–Crippen MR) is 78.7 cm³/mol. The number of anilines is 1. The number of nitrogens with two attached hydrogens (primary N) is 1. The molecule has 0 spiro atoms. The highest BCUT2D eigenvalue weighted by Gasteiger charge is 2.17. The van der Waals surface area contributed by atoms with Gasteiger partial charge in [0.05, 0.1) is 4.90 Å². The minimum Gasteiger partial charge on any atom is -0.398 e. The summed E-state index contributed by atoms with van der Waals surface area (Å²) >= 11 is 1.58. The van der Waals surface area contributed by atoms with Gasteiger partial charge in [-0.25, -0.2) is 13.1 Å². The second kappa shape index (κ2) is 5.32. The molecule has 0 unspecified atom stereocenters. The molecular formula is C13H16N2O2S2. The van der Waals surface area contributed by atoms with Crippen LogP contribution in [0, 0.1) is 13.8 Å². The Balaban J connectivity index is 2.21. The fourth-order valence-corrected chi connectivity index (χ4v) is 3.95. The maximum absolute atomic E-state index is 12.2. The van der Waals surface area contributed by atoms with Crippen LogP contribution in [0.3, 0.4) is 0 Å². The third-order valence-electron chi connectivity index (χ3n) is 2.85. The predicted octanol–water partition coefficient (Wildman–Crippen LogP) is 2.43. The van der Waals surface area contributed by atoms with Gasteiger partial charge in [-0.2, -0.15) is 0 Å². The molecule has 0 aliphatic rings. The van der Waals surface area contributed by atoms with E-state index >= 15 is 0 Å². The fraction of sp³-hybridized carbons (Fsp3) is 0.231. The summed E-state index contributed by atoms with van der Waals surface area (Å²) in [4.78, 5) is 2.39. The first kappa shape index (κ1) is 14.0. The second-order valence-electron chi connectivity index (χ2n) is 4.31. The van der Waals surface area contributed by atoms with Gasteiger partial charge in [0.2, 0.25) is 10.0 Å². The van der Waals surface area contributed by atoms with Crippen LogP contribution in [-0.4, -0.2) is 8.42 Å². The van der Waals surface area contributed by atoms with Crippen LogP contribution in [0.5, 0.6) is 0 Å². The van der Waals surface area contributed by atoms with E-state index in [1.54, 1.807) is 36.5 Å². The summed E-state index contributed by atoms with van der Waals surface area (Å²) < 4.78 is 27.0. The lowest BCUT2D eigenvalue weighted by atomic mass is 10.2. The topological polar surface area (TPSA) is 72.2 Å². The summed E-state index contributed by atoms with van der Waals surface area (Å²) in [6.45, 7) is 4.00. The van der Waals surface area contributed by atoms with Crippen LogP contribution in [-0.2, 0) is 16.6 Å². The standard InChI is InChI=1S/C13H16N2O2S2/c1-9-6-7-11(18-9)8-15-19(16,17)13-5-3-4-12(14)10(13)2/h3-7,15H,8,14H2,1-2H3. The van der Waals surface area contributed by atoms with Gasteiger partial charge in [-0.1, -0.05) is 6.07 Å². The minimum absolute atomic E-state index is 0.237. The van der Waals surface area contributed by atoms with Crippen LogP contribution < -0.4 is 10.5 Å². The van der Waals surface area contributed by atoms with E-state index < -0.39 is 10.0 Å². The van der Waals surface area contributed by atoms with E-state index in [9.17, 15) is 8.42 Å². The van der Waals surface area contributed by atoms with Crippen molar-refractivity contribution in [3.8, 4) is 0 Å². The molecule has 0 aliphatic heterocycles. The molecule has 2 aromatic rings. The third kappa shape index (κ3) is 3.15. The average molecular weight is 296 g/mol. The van der Waals surface area contributed by atoms with Crippen molar-refractivity contribution in [1.82, 2.24) is 4.72 Å². The van der Waals surface area contributed by atoms with E-state index in [4.69, 9.17) is 5.73 Å². The van der Waals surface area contributed by atoms with Gasteiger partial charge < -0.3 is 5.73 Å². The van der Waals surface area contributed by atoms with E-state index in [-0.39, 0.29) is 4.90 Å². The number of sulfonamides is 1. The van der Waals surface area contributed by atoms with E-state index in [1.807, 2.05) is 19.1 Å². The van der Waals surface area contributed by atoms with Crippen molar-refractivity contribution >= 4 is 27.0 Å². The molecule has 102 valence electrons. The van der Waals surface area contributed by atoms with Gasteiger partial charge in [0.1, 0.15) is 0 Å². The first-order chi connectivity index (χ1) is 8.90. The molecule has 0 bridgehead atoms. The summed E-state index contributed by atoms with van der Waals surface area (Å²) in [6.07, 6.45) is 0. The summed E-state index contributed by atoms with van der Waals surface area (Å²) in [6, 6.07) is 8.80. The van der Waals surface area contributed by atoms with E-state index in [0.717, 1.165) is 9.75 Å². The Kier molecular flexibility index (Phi) is 3.93. The highest BCUT2D eigenvalue weighted by molar-refractivity contribution is 7.89. The fourth-order valence-electron chi connectivity index (χ4n) is 1.75. The van der Waals surface area contributed by atoms with Crippen molar-refractivity contribution in [2.75, 3.05) is 5.73 Å². The highest BCUT2D eigenvalue weighted by Crippen LogP contribution is 2.21. The Morgan fingerprint density at radius 2 is 1.95 bits per heavy atom. The number of benzene rings is 1. The molecule has 0 fully saturated rings. The zero-order valence-electron chi connectivity index (χ0n) is 10.8. The first-order valence-electron chi connectivity index (χ1n) is 5.80. The Morgan fingerprint density at radius 1 is 1.21 bits per heavy atom. The van der Waals surface area contributed by atoms with Gasteiger partial charge in [0.15, 0.2) is 0 Å². The number of thiophene rings is 1. The molecule has 1 aromatic carbocycles. The van der Waals surface area contributed by atoms with Gasteiger partial charge in [0.25, 0.3) is 0 Å². The highest BCUT2D eigenvalue weighted by atomic mass is 32.2. The second-order valence-corrected chi connectivity index (χ2v) is 7.42. The Labute approximate surface area is 117 Å². The molecule has 0 atom stereocenters. The van der Waals surface area contributed by atoms with E-state index in [0.29, 0.717) is 17.8 Å². The van der Waals surface area contributed by atoms with Crippen LogP contribution >= 0.6 is 11.3 Å². The lowest BCUT2D eigenvalue weighted by molar-refractivity contribution is 0.581. The van der Waals surface area contributed by atoms with Crippen LogP contribution in [0.15, 0.2) is 35.2 Å². The van der Waals surface area contributed by atoms with Gasteiger partial charge in [-0.15, -0.1) is 11.3 Å². The van der Waals surface area contributed by atoms with Crippen LogP contribution in [0.2, 0.25) is 0 Å². The molecule has 0 aliphatic carbocycles. The number of hydrogen-bond acceptors (Lipinski definition) is 4. The molecule has 19 heavy (non-hydrogen) atoms. The smallest absolute Gasteiger partial charge is 0.241 e. The van der Waals surface area contributed by atoms with Gasteiger partial charge in [0, 0.05) is 22.0 Å². The molecule has 0 saturated carbocycles. The molecule has 3 N–H and O–H groups in total. The summed E-state index contributed by atoms with van der Waals surface area (Å²) in [5.41, 5.74) is 6.80. The molecule has 1 aromatic heterocycles. The Morgan fingerprint density at radius 3 is 2.58 bits per heavy atom. The number of aryl methyl sites for hydroxylation is 1. The molecular weight excluding hydrogens is 280 g/mol. The molecule has 6 heteroatoms. The van der Waals surface area contributed by atoms with E-state index in [1.165, 1.54) is 0 Å². The van der Waals surface area contributed by atoms with Crippen LogP contribution in [0.25, 0.3) is 0 Å². The lowest BCUT2D eigenvalue weighted by Crippen LogP contribution is -2.23. The lowest BCUT2D eigenvalue weighted by Gasteiger charge is -2.10. The SMILES string of the molecule is Cc1ccc(CNS(=O)(=O)c2cccc(N)c2C)s1. The number of nitrogens with one attached hydrogen (secondary N) is 1. The zero-order chi connectivity index (χ0) is 14.0. The third-order valence-corrected chi connectivity index (χ3v) is 5.39. The van der Waals surface area contributed by atoms with Crippen molar-refractivity contribution in [2.24, 2.45) is 0 Å². The van der Waals surface area contributed by atoms with Crippen molar-refractivity contribution in [3.05, 3.63) is 45.6 Å². The molecule has 0 amide bonds. The Hall–Kier alpha value is -1.37. The van der Waals surface area contributed by atoms with Crippen molar-refractivity contribution in [1.29, 1.82) is 0 Å². The van der Waals surface area contributed by atoms with Crippen molar-refractivity contribution in [2.45, 2.75) is 25.3 Å². The van der Waals surface area contributed by atoms with Crippen molar-refractivity contribution < 1.29 is 8.42 Å². The molecule has 0 radical (unpaired) electrons. The maximum atomic E-state index is 12.2. The average Bonchev–Trinajstić information content (AvgIpc) is 2.76. The molecule has 4 nitrogen and oxygen atoms in total. The summed E-state index contributed by atoms with van der Waals surface area (Å²) in [7, 11) is -3.53. The first-order valence-corrected chi connectivity index (χ1v) is 8.10. The van der Waals surface area contributed by atoms with E-state index in [2.05, 4.69) is 4.72 Å². The maximum Gasteiger partial charge on any atom is 0.241 e. The van der Waals surface area contributed by atoms with Gasteiger partial charge in [-0.3, -0.25) is 0 Å². The minimum atomic E-state index is -3.53. The largest absolute Gasteiger partial charge is 0.398 e. The van der Waals surface area contributed by atoms with Crippen molar-refractivity contribution in [3.63, 3.8) is 0 Å². The summed E-state index contributed by atoms with van der Waals surface area (Å²) in [5, 5.41) is 0. The molecule has 0 saturated heterocycles. The number of nitrogen functional groups attached to an aromatic ring is 1. The van der Waals surface area contributed by atoms with Crippen LogP contribution in [0.4, 0.5) is 5.69 Å². The molecule has 2 rings (SSSR count). The quantitative estimate of drug-likeness (QED) is 0.851. The van der Waals surface area contributed by atoms with Gasteiger partial charge >= 0.3 is 0 Å². The molecule has 1 heterocycles. The van der Waals surface area contributed by atoms with Gasteiger partial charge in [-0.05, 0) is 43.7 Å². The normalized spacial score (nSPS) is 11.7. The monoisotopic (exact) mass is 296 g/mol. The number of hydrogen-bond donors (Lipinski definition) is 2. The van der Waals surface area contributed by atoms with Crippen LogP contribution in [0.1, 0.15) is 15.3 Å².